The topological polar surface area (TPSA) is 20.2 Å². The summed E-state index contributed by atoms with van der Waals surface area (Å²) in [4.78, 5) is 0.519. The van der Waals surface area contributed by atoms with Gasteiger partial charge in [-0.2, -0.15) is 0 Å². The van der Waals surface area contributed by atoms with E-state index in [4.69, 9.17) is 5.11 Å². The molecular weight excluding hydrogens is 254 g/mol. The van der Waals surface area contributed by atoms with Gasteiger partial charge in [0, 0.05) is 16.2 Å². The van der Waals surface area contributed by atoms with Crippen molar-refractivity contribution in [2.24, 2.45) is 0 Å². The molecule has 0 unspecified atom stereocenters. The summed E-state index contributed by atoms with van der Waals surface area (Å²) < 4.78 is 26.8. The van der Waals surface area contributed by atoms with Crippen LogP contribution in [0.15, 0.2) is 47.4 Å². The van der Waals surface area contributed by atoms with Crippen molar-refractivity contribution in [1.29, 1.82) is 0 Å². The third-order valence-electron chi connectivity index (χ3n) is 2.52. The molecule has 4 heteroatoms. The quantitative estimate of drug-likeness (QED) is 0.850. The van der Waals surface area contributed by atoms with E-state index in [-0.39, 0.29) is 5.56 Å². The lowest BCUT2D eigenvalue weighted by Gasteiger charge is -2.06. The van der Waals surface area contributed by atoms with Crippen LogP contribution < -0.4 is 0 Å². The van der Waals surface area contributed by atoms with Crippen molar-refractivity contribution in [2.75, 3.05) is 0 Å². The van der Waals surface area contributed by atoms with Crippen molar-refractivity contribution < 1.29 is 13.9 Å². The van der Waals surface area contributed by atoms with Crippen molar-refractivity contribution in [3.05, 3.63) is 65.2 Å². The zero-order chi connectivity index (χ0) is 13.0. The Labute approximate surface area is 108 Å². The minimum absolute atomic E-state index is 0.279. The Morgan fingerprint density at radius 1 is 1.00 bits per heavy atom. The average Bonchev–Trinajstić information content (AvgIpc) is 2.37. The predicted octanol–water partition coefficient (Wildman–Crippen LogP) is 3.75. The monoisotopic (exact) mass is 266 g/mol. The molecular formula is C14H12F2OS. The van der Waals surface area contributed by atoms with Crippen LogP contribution in [0.5, 0.6) is 0 Å². The molecule has 18 heavy (non-hydrogen) atoms. The minimum atomic E-state index is -0.701. The minimum Gasteiger partial charge on any atom is -0.391 e. The lowest BCUT2D eigenvalue weighted by molar-refractivity contribution is 0.268. The summed E-state index contributed by atoms with van der Waals surface area (Å²) >= 11 is 1.36. The Hall–Kier alpha value is -1.39. The molecule has 0 saturated heterocycles. The van der Waals surface area contributed by atoms with Gasteiger partial charge < -0.3 is 5.11 Å². The van der Waals surface area contributed by atoms with Crippen molar-refractivity contribution in [3.8, 4) is 0 Å². The molecule has 0 bridgehead atoms. The molecule has 0 aliphatic rings. The largest absolute Gasteiger partial charge is 0.391 e. The van der Waals surface area contributed by atoms with Crippen molar-refractivity contribution >= 4 is 11.8 Å². The molecule has 0 heterocycles. The van der Waals surface area contributed by atoms with E-state index in [0.717, 1.165) is 5.56 Å². The van der Waals surface area contributed by atoms with E-state index in [1.165, 1.54) is 23.9 Å². The number of aliphatic hydroxyl groups is 1. The fourth-order valence-electron chi connectivity index (χ4n) is 1.56. The van der Waals surface area contributed by atoms with Gasteiger partial charge in [-0.25, -0.2) is 8.78 Å². The Bertz CT molecular complexity index is 506. The van der Waals surface area contributed by atoms with Gasteiger partial charge in [-0.05, 0) is 17.7 Å². The molecule has 0 saturated carbocycles. The summed E-state index contributed by atoms with van der Waals surface area (Å²) in [6.07, 6.45) is 0. The lowest BCUT2D eigenvalue weighted by atomic mass is 10.2. The number of thioether (sulfide) groups is 1. The van der Waals surface area contributed by atoms with Gasteiger partial charge in [-0.3, -0.25) is 0 Å². The molecule has 0 aliphatic heterocycles. The van der Waals surface area contributed by atoms with Gasteiger partial charge in [-0.1, -0.05) is 30.3 Å². The van der Waals surface area contributed by atoms with Gasteiger partial charge in [0.05, 0.1) is 6.61 Å². The molecule has 0 fully saturated rings. The molecule has 0 atom stereocenters. The summed E-state index contributed by atoms with van der Waals surface area (Å²) in [6.45, 7) is -0.624. The number of halogens is 2. The van der Waals surface area contributed by atoms with Crippen LogP contribution in [0.2, 0.25) is 0 Å². The van der Waals surface area contributed by atoms with E-state index >= 15 is 0 Å². The van der Waals surface area contributed by atoms with Crippen molar-refractivity contribution in [2.45, 2.75) is 17.3 Å². The normalized spacial score (nSPS) is 10.6. The van der Waals surface area contributed by atoms with Crippen LogP contribution >= 0.6 is 11.8 Å². The highest BCUT2D eigenvalue weighted by Gasteiger charge is 2.10. The summed E-state index contributed by atoms with van der Waals surface area (Å²) in [5.74, 6) is -0.751. The number of hydrogen-bond acceptors (Lipinski definition) is 2. The van der Waals surface area contributed by atoms with E-state index < -0.39 is 18.2 Å². The third-order valence-corrected chi connectivity index (χ3v) is 3.57. The Morgan fingerprint density at radius 3 is 2.17 bits per heavy atom. The second-order valence-electron chi connectivity index (χ2n) is 3.80. The van der Waals surface area contributed by atoms with Gasteiger partial charge in [0.2, 0.25) is 0 Å². The second-order valence-corrected chi connectivity index (χ2v) is 4.85. The van der Waals surface area contributed by atoms with Crippen LogP contribution in [-0.2, 0) is 12.4 Å². The second kappa shape index (κ2) is 5.98. The standard InChI is InChI=1S/C14H12F2OS/c15-13-6-11(7-14(16)12(13)8-17)18-9-10-4-2-1-3-5-10/h1-7,17H,8-9H2. The molecule has 1 nitrogen and oxygen atoms in total. The average molecular weight is 266 g/mol. The highest BCUT2D eigenvalue weighted by atomic mass is 32.2. The summed E-state index contributed by atoms with van der Waals surface area (Å²) in [7, 11) is 0. The van der Waals surface area contributed by atoms with E-state index in [1.54, 1.807) is 0 Å². The predicted molar refractivity (Wildman–Crippen MR) is 68.3 cm³/mol. The SMILES string of the molecule is OCc1c(F)cc(SCc2ccccc2)cc1F. The Morgan fingerprint density at radius 2 is 1.61 bits per heavy atom. The summed E-state index contributed by atoms with van der Waals surface area (Å²) in [5, 5.41) is 8.81. The highest BCUT2D eigenvalue weighted by Crippen LogP contribution is 2.26. The number of rotatable bonds is 4. The zero-order valence-electron chi connectivity index (χ0n) is 9.57. The smallest absolute Gasteiger partial charge is 0.132 e. The fraction of sp³-hybridized carbons (Fsp3) is 0.143. The first-order chi connectivity index (χ1) is 8.70. The summed E-state index contributed by atoms with van der Waals surface area (Å²) in [5.41, 5.74) is 0.814. The molecule has 2 aromatic rings. The molecule has 94 valence electrons. The molecule has 2 rings (SSSR count). The molecule has 0 aromatic heterocycles. The van der Waals surface area contributed by atoms with E-state index in [2.05, 4.69) is 0 Å². The number of hydrogen-bond donors (Lipinski definition) is 1. The first-order valence-corrected chi connectivity index (χ1v) is 6.45. The fourth-order valence-corrected chi connectivity index (χ4v) is 2.45. The maximum Gasteiger partial charge on any atom is 0.132 e. The Kier molecular flexibility index (Phi) is 4.33. The molecule has 0 radical (unpaired) electrons. The van der Waals surface area contributed by atoms with Crippen LogP contribution in [0.1, 0.15) is 11.1 Å². The van der Waals surface area contributed by atoms with Crippen LogP contribution in [0.4, 0.5) is 8.78 Å². The zero-order valence-corrected chi connectivity index (χ0v) is 10.4. The molecule has 1 N–H and O–H groups in total. The van der Waals surface area contributed by atoms with Crippen LogP contribution in [0, 0.1) is 11.6 Å². The van der Waals surface area contributed by atoms with Gasteiger partial charge in [0.15, 0.2) is 0 Å². The van der Waals surface area contributed by atoms with Gasteiger partial charge in [-0.15, -0.1) is 11.8 Å². The third kappa shape index (κ3) is 3.09. The maximum absolute atomic E-state index is 13.4. The Balaban J connectivity index is 2.11. The van der Waals surface area contributed by atoms with E-state index in [9.17, 15) is 8.78 Å². The van der Waals surface area contributed by atoms with Crippen LogP contribution in [0.25, 0.3) is 0 Å². The van der Waals surface area contributed by atoms with Gasteiger partial charge in [0.25, 0.3) is 0 Å². The molecule has 0 spiro atoms. The first-order valence-electron chi connectivity index (χ1n) is 5.46. The number of aliphatic hydroxyl groups excluding tert-OH is 1. The summed E-state index contributed by atoms with van der Waals surface area (Å²) in [6, 6.07) is 12.2. The van der Waals surface area contributed by atoms with Gasteiger partial charge in [0.1, 0.15) is 11.6 Å². The lowest BCUT2D eigenvalue weighted by Crippen LogP contribution is -1.95. The van der Waals surface area contributed by atoms with Crippen LogP contribution in [0.3, 0.4) is 0 Å². The van der Waals surface area contributed by atoms with E-state index in [0.29, 0.717) is 10.6 Å². The highest BCUT2D eigenvalue weighted by molar-refractivity contribution is 7.98. The van der Waals surface area contributed by atoms with Crippen molar-refractivity contribution in [3.63, 3.8) is 0 Å². The maximum atomic E-state index is 13.4. The van der Waals surface area contributed by atoms with E-state index in [1.807, 2.05) is 30.3 Å². The first kappa shape index (κ1) is 13.1. The van der Waals surface area contributed by atoms with Crippen molar-refractivity contribution in [1.82, 2.24) is 0 Å². The van der Waals surface area contributed by atoms with Gasteiger partial charge >= 0.3 is 0 Å². The molecule has 0 aliphatic carbocycles. The van der Waals surface area contributed by atoms with Crippen LogP contribution in [-0.4, -0.2) is 5.11 Å². The molecule has 0 amide bonds. The number of benzene rings is 2. The molecule has 2 aromatic carbocycles.